The quantitative estimate of drug-likeness (QED) is 0.306. The predicted molar refractivity (Wildman–Crippen MR) is 118 cm³/mol. The van der Waals surface area contributed by atoms with Crippen molar-refractivity contribution in [1.29, 1.82) is 0 Å². The van der Waals surface area contributed by atoms with E-state index in [-0.39, 0.29) is 34.8 Å². The fourth-order valence-electron chi connectivity index (χ4n) is 3.69. The van der Waals surface area contributed by atoms with Crippen LogP contribution in [-0.4, -0.2) is 36.5 Å². The molecule has 1 unspecified atom stereocenters. The minimum Gasteiger partial charge on any atom is -0.489 e. The summed E-state index contributed by atoms with van der Waals surface area (Å²) in [5.74, 6) is -1.94. The maximum Gasteiger partial charge on any atom is 0.573 e. The minimum absolute atomic E-state index is 0.0135. The molecule has 0 aliphatic heterocycles. The number of aldehydes is 1. The van der Waals surface area contributed by atoms with E-state index in [2.05, 4.69) is 4.74 Å². The summed E-state index contributed by atoms with van der Waals surface area (Å²) in [5, 5.41) is -0.0239. The lowest BCUT2D eigenvalue weighted by molar-refractivity contribution is -0.274. The third-order valence-electron chi connectivity index (χ3n) is 5.54. The number of halogens is 5. The Balaban J connectivity index is 1.85. The summed E-state index contributed by atoms with van der Waals surface area (Å²) in [5.41, 5.74) is 1.04. The van der Waals surface area contributed by atoms with Gasteiger partial charge in [-0.15, -0.1) is 13.2 Å². The highest BCUT2D eigenvalue weighted by Crippen LogP contribution is 2.43. The van der Waals surface area contributed by atoms with E-state index < -0.39 is 29.9 Å². The molecular weight excluding hydrogens is 478 g/mol. The van der Waals surface area contributed by atoms with Crippen molar-refractivity contribution >= 4 is 23.8 Å². The van der Waals surface area contributed by atoms with Gasteiger partial charge in [0.1, 0.15) is 30.2 Å². The van der Waals surface area contributed by atoms with Gasteiger partial charge in [0, 0.05) is 18.1 Å². The van der Waals surface area contributed by atoms with E-state index in [0.29, 0.717) is 11.8 Å². The summed E-state index contributed by atoms with van der Waals surface area (Å²) in [7, 11) is 1.45. The van der Waals surface area contributed by atoms with Crippen molar-refractivity contribution in [1.82, 2.24) is 4.90 Å². The van der Waals surface area contributed by atoms with Crippen molar-refractivity contribution in [3.8, 4) is 11.5 Å². The van der Waals surface area contributed by atoms with Gasteiger partial charge in [-0.1, -0.05) is 25.4 Å². The molecule has 0 aromatic heterocycles. The van der Waals surface area contributed by atoms with Crippen LogP contribution in [0, 0.1) is 11.7 Å². The van der Waals surface area contributed by atoms with E-state index in [0.717, 1.165) is 30.5 Å². The lowest BCUT2D eigenvalue weighted by Gasteiger charge is -2.27. The second-order valence-electron chi connectivity index (χ2n) is 8.55. The Hall–Kier alpha value is -2.81. The lowest BCUT2D eigenvalue weighted by Crippen LogP contribution is -2.41. The summed E-state index contributed by atoms with van der Waals surface area (Å²) in [6, 6.07) is 5.31. The van der Waals surface area contributed by atoms with Gasteiger partial charge in [0.25, 0.3) is 5.91 Å². The topological polar surface area (TPSA) is 55.8 Å². The van der Waals surface area contributed by atoms with Crippen LogP contribution in [-0.2, 0) is 11.4 Å². The highest BCUT2D eigenvalue weighted by atomic mass is 35.5. The third kappa shape index (κ3) is 6.40. The average molecular weight is 502 g/mol. The zero-order valence-corrected chi connectivity index (χ0v) is 19.5. The molecular formula is C24H24ClF4NO4. The molecule has 0 radical (unpaired) electrons. The molecule has 3 rings (SSSR count). The molecule has 2 aromatic carbocycles. The summed E-state index contributed by atoms with van der Waals surface area (Å²) in [6.45, 7) is 3.42. The maximum absolute atomic E-state index is 15.0. The molecule has 1 amide bonds. The second-order valence-corrected chi connectivity index (χ2v) is 8.99. The van der Waals surface area contributed by atoms with Gasteiger partial charge in [0.2, 0.25) is 0 Å². The first kappa shape index (κ1) is 25.8. The van der Waals surface area contributed by atoms with Crippen molar-refractivity contribution in [3.63, 3.8) is 0 Å². The summed E-state index contributed by atoms with van der Waals surface area (Å²) < 4.78 is 62.0. The van der Waals surface area contributed by atoms with Crippen LogP contribution in [0.4, 0.5) is 17.6 Å². The molecule has 1 aliphatic rings. The standard InChI is InChI=1S/C24H24ClF4NO4/c1-13(2)22(11-31)30(3)23(32)20-10-19(14-4-5-14)15(6-21(20)26)12-33-17-7-16(25)8-18(9-17)34-24(27,28)29/h6-11,13-14,22H,4-5,12H2,1-3H3. The van der Waals surface area contributed by atoms with E-state index in [1.165, 1.54) is 30.1 Å². The zero-order chi connectivity index (χ0) is 25.2. The van der Waals surface area contributed by atoms with Gasteiger partial charge in [-0.25, -0.2) is 4.39 Å². The molecule has 1 saturated carbocycles. The molecule has 34 heavy (non-hydrogen) atoms. The lowest BCUT2D eigenvalue weighted by atomic mass is 9.98. The van der Waals surface area contributed by atoms with E-state index in [9.17, 15) is 27.2 Å². The summed E-state index contributed by atoms with van der Waals surface area (Å²) in [6.07, 6.45) is -2.53. The van der Waals surface area contributed by atoms with E-state index in [1.807, 2.05) is 0 Å². The first-order valence-electron chi connectivity index (χ1n) is 10.6. The minimum atomic E-state index is -4.89. The first-order valence-corrected chi connectivity index (χ1v) is 11.0. The molecule has 184 valence electrons. The molecule has 2 aromatic rings. The first-order chi connectivity index (χ1) is 15.9. The number of likely N-dealkylation sites (N-methyl/N-ethyl adjacent to an activating group) is 1. The Morgan fingerprint density at radius 2 is 1.82 bits per heavy atom. The molecule has 1 aliphatic carbocycles. The molecule has 5 nitrogen and oxygen atoms in total. The van der Waals surface area contributed by atoms with Crippen molar-refractivity contribution in [2.75, 3.05) is 7.05 Å². The van der Waals surface area contributed by atoms with E-state index >= 15 is 0 Å². The van der Waals surface area contributed by atoms with Crippen molar-refractivity contribution in [3.05, 3.63) is 57.9 Å². The van der Waals surface area contributed by atoms with Gasteiger partial charge in [0.15, 0.2) is 0 Å². The monoisotopic (exact) mass is 501 g/mol. The van der Waals surface area contributed by atoms with Crippen LogP contribution < -0.4 is 9.47 Å². The largest absolute Gasteiger partial charge is 0.573 e. The van der Waals surface area contributed by atoms with Crippen molar-refractivity contribution < 1.29 is 36.6 Å². The number of hydrogen-bond acceptors (Lipinski definition) is 4. The molecule has 0 spiro atoms. The van der Waals surface area contributed by atoms with Crippen molar-refractivity contribution in [2.45, 2.75) is 51.6 Å². The molecule has 0 N–H and O–H groups in total. The number of benzene rings is 2. The van der Waals surface area contributed by atoms with E-state index in [1.54, 1.807) is 13.8 Å². The number of carbonyl (C=O) groups excluding carboxylic acids is 2. The smallest absolute Gasteiger partial charge is 0.489 e. The molecule has 1 atom stereocenters. The average Bonchev–Trinajstić information content (AvgIpc) is 3.55. The number of rotatable bonds is 9. The van der Waals surface area contributed by atoms with Crippen LogP contribution in [0.25, 0.3) is 0 Å². The molecule has 1 fully saturated rings. The molecule has 0 saturated heterocycles. The number of ether oxygens (including phenoxy) is 2. The normalized spacial score (nSPS) is 14.6. The number of alkyl halides is 3. The van der Waals surface area contributed by atoms with Gasteiger partial charge in [-0.3, -0.25) is 4.79 Å². The maximum atomic E-state index is 15.0. The Morgan fingerprint density at radius 1 is 1.18 bits per heavy atom. The Kier molecular flexibility index (Phi) is 7.75. The van der Waals surface area contributed by atoms with Gasteiger partial charge < -0.3 is 19.2 Å². The fraction of sp³-hybridized carbons (Fsp3) is 0.417. The Labute approximate surface area is 199 Å². The molecule has 10 heteroatoms. The number of nitrogens with zero attached hydrogens (tertiary/aromatic N) is 1. The van der Waals surface area contributed by atoms with Gasteiger partial charge in [0.05, 0.1) is 11.6 Å². The number of carbonyl (C=O) groups is 2. The summed E-state index contributed by atoms with van der Waals surface area (Å²) in [4.78, 5) is 25.5. The summed E-state index contributed by atoms with van der Waals surface area (Å²) >= 11 is 5.87. The van der Waals surface area contributed by atoms with Crippen LogP contribution in [0.15, 0.2) is 30.3 Å². The van der Waals surface area contributed by atoms with E-state index in [4.69, 9.17) is 16.3 Å². The van der Waals surface area contributed by atoms with Crippen LogP contribution in [0.3, 0.4) is 0 Å². The van der Waals surface area contributed by atoms with Crippen LogP contribution in [0.1, 0.15) is 54.1 Å². The Bertz CT molecular complexity index is 1070. The Morgan fingerprint density at radius 3 is 2.38 bits per heavy atom. The second kappa shape index (κ2) is 10.2. The van der Waals surface area contributed by atoms with Gasteiger partial charge in [-0.05, 0) is 60.1 Å². The van der Waals surface area contributed by atoms with Crippen LogP contribution in [0.5, 0.6) is 11.5 Å². The highest BCUT2D eigenvalue weighted by molar-refractivity contribution is 6.30. The predicted octanol–water partition coefficient (Wildman–Crippen LogP) is 6.13. The van der Waals surface area contributed by atoms with Gasteiger partial charge in [-0.2, -0.15) is 0 Å². The van der Waals surface area contributed by atoms with Crippen LogP contribution >= 0.6 is 11.6 Å². The van der Waals surface area contributed by atoms with Crippen molar-refractivity contribution in [2.24, 2.45) is 5.92 Å². The highest BCUT2D eigenvalue weighted by Gasteiger charge is 2.32. The number of amides is 1. The fourth-order valence-corrected chi connectivity index (χ4v) is 3.90. The third-order valence-corrected chi connectivity index (χ3v) is 5.76. The molecule has 0 bridgehead atoms. The zero-order valence-electron chi connectivity index (χ0n) is 18.8. The SMILES string of the molecule is CC(C)C(C=O)N(C)C(=O)c1cc(C2CC2)c(COc2cc(Cl)cc(OC(F)(F)F)c2)cc1F. The molecule has 0 heterocycles. The van der Waals surface area contributed by atoms with Crippen LogP contribution in [0.2, 0.25) is 5.02 Å². The number of hydrogen-bond donors (Lipinski definition) is 0. The van der Waals surface area contributed by atoms with Gasteiger partial charge >= 0.3 is 6.36 Å².